The lowest BCUT2D eigenvalue weighted by Crippen LogP contribution is -1.98. The number of hydrogen-bond acceptors (Lipinski definition) is 6. The van der Waals surface area contributed by atoms with Crippen molar-refractivity contribution in [2.75, 3.05) is 19.0 Å². The zero-order valence-corrected chi connectivity index (χ0v) is 13.7. The van der Waals surface area contributed by atoms with Gasteiger partial charge in [0.1, 0.15) is 5.52 Å². The number of fused-ring (bicyclic) bond motifs is 1. The average Bonchev–Trinajstić information content (AvgIpc) is 3.33. The van der Waals surface area contributed by atoms with Gasteiger partial charge in [0, 0.05) is 32.2 Å². The van der Waals surface area contributed by atoms with Crippen LogP contribution in [0.4, 0.5) is 11.6 Å². The van der Waals surface area contributed by atoms with E-state index in [0.717, 1.165) is 36.4 Å². The summed E-state index contributed by atoms with van der Waals surface area (Å²) in [5.41, 5.74) is 2.72. The third kappa shape index (κ3) is 2.74. The van der Waals surface area contributed by atoms with Crippen LogP contribution in [0.25, 0.3) is 5.52 Å². The summed E-state index contributed by atoms with van der Waals surface area (Å²) >= 11 is 0. The molecule has 3 aromatic rings. The minimum atomic E-state index is -0.0748. The minimum Gasteiger partial charge on any atom is -0.375 e. The second kappa shape index (κ2) is 6.21. The Morgan fingerprint density at radius 3 is 3.17 bits per heavy atom. The Balaban J connectivity index is 1.61. The first kappa shape index (κ1) is 15.1. The van der Waals surface area contributed by atoms with Crippen LogP contribution >= 0.6 is 0 Å². The van der Waals surface area contributed by atoms with E-state index in [2.05, 4.69) is 25.6 Å². The molecule has 0 radical (unpaired) electrons. The van der Waals surface area contributed by atoms with Crippen molar-refractivity contribution in [3.05, 3.63) is 35.9 Å². The maximum absolute atomic E-state index is 5.67. The molecular weight excluding hydrogens is 308 g/mol. The van der Waals surface area contributed by atoms with Crippen molar-refractivity contribution >= 4 is 17.2 Å². The largest absolute Gasteiger partial charge is 0.375 e. The SMILES string of the molecule is COC(C)c1cc2c(Nc3cc([C@H]4CCCO4)[nH]n3)nccn2n1. The van der Waals surface area contributed by atoms with Gasteiger partial charge >= 0.3 is 0 Å². The third-order valence-electron chi connectivity index (χ3n) is 4.30. The van der Waals surface area contributed by atoms with Gasteiger partial charge in [-0.2, -0.15) is 10.2 Å². The quantitative estimate of drug-likeness (QED) is 0.748. The number of rotatable bonds is 5. The lowest BCUT2D eigenvalue weighted by molar-refractivity contribution is 0.108. The summed E-state index contributed by atoms with van der Waals surface area (Å²) in [5.74, 6) is 1.41. The first-order chi connectivity index (χ1) is 11.7. The Labute approximate surface area is 139 Å². The van der Waals surface area contributed by atoms with Gasteiger partial charge in [-0.05, 0) is 25.8 Å². The van der Waals surface area contributed by atoms with Crippen molar-refractivity contribution in [2.45, 2.75) is 32.0 Å². The van der Waals surface area contributed by atoms with Crippen molar-refractivity contribution < 1.29 is 9.47 Å². The molecule has 2 atom stereocenters. The van der Waals surface area contributed by atoms with E-state index in [1.54, 1.807) is 17.8 Å². The topological polar surface area (TPSA) is 89.4 Å². The van der Waals surface area contributed by atoms with Gasteiger partial charge < -0.3 is 14.8 Å². The van der Waals surface area contributed by atoms with Crippen molar-refractivity contribution in [2.24, 2.45) is 0 Å². The Kier molecular flexibility index (Phi) is 3.91. The molecular formula is C16H20N6O2. The van der Waals surface area contributed by atoms with E-state index in [-0.39, 0.29) is 12.2 Å². The zero-order valence-electron chi connectivity index (χ0n) is 13.7. The Bertz CT molecular complexity index is 836. The average molecular weight is 328 g/mol. The Hall–Kier alpha value is -2.45. The smallest absolute Gasteiger partial charge is 0.157 e. The summed E-state index contributed by atoms with van der Waals surface area (Å²) in [6.45, 7) is 2.77. The Morgan fingerprint density at radius 2 is 2.38 bits per heavy atom. The lowest BCUT2D eigenvalue weighted by Gasteiger charge is -2.05. The van der Waals surface area contributed by atoms with Crippen LogP contribution in [0, 0.1) is 0 Å². The van der Waals surface area contributed by atoms with Gasteiger partial charge in [0.15, 0.2) is 11.6 Å². The van der Waals surface area contributed by atoms with Crippen LogP contribution in [0.15, 0.2) is 24.5 Å². The minimum absolute atomic E-state index is 0.0748. The maximum Gasteiger partial charge on any atom is 0.157 e. The van der Waals surface area contributed by atoms with Crippen molar-refractivity contribution in [3.8, 4) is 0 Å². The highest BCUT2D eigenvalue weighted by atomic mass is 16.5. The first-order valence-corrected chi connectivity index (χ1v) is 8.05. The molecule has 4 heterocycles. The van der Waals surface area contributed by atoms with Gasteiger partial charge in [0.2, 0.25) is 0 Å². The molecule has 0 saturated carbocycles. The van der Waals surface area contributed by atoms with Crippen molar-refractivity contribution in [3.63, 3.8) is 0 Å². The van der Waals surface area contributed by atoms with E-state index in [9.17, 15) is 0 Å². The van der Waals surface area contributed by atoms with Crippen LogP contribution in [-0.2, 0) is 9.47 Å². The predicted molar refractivity (Wildman–Crippen MR) is 88.2 cm³/mol. The molecule has 0 aromatic carbocycles. The number of hydrogen-bond donors (Lipinski definition) is 2. The molecule has 1 saturated heterocycles. The summed E-state index contributed by atoms with van der Waals surface area (Å²) in [6, 6.07) is 3.94. The lowest BCUT2D eigenvalue weighted by atomic mass is 10.2. The van der Waals surface area contributed by atoms with Crippen LogP contribution in [0.5, 0.6) is 0 Å². The molecule has 0 aliphatic carbocycles. The highest BCUT2D eigenvalue weighted by molar-refractivity contribution is 5.72. The molecule has 24 heavy (non-hydrogen) atoms. The second-order valence-corrected chi connectivity index (χ2v) is 5.89. The number of aromatic amines is 1. The summed E-state index contributed by atoms with van der Waals surface area (Å²) in [7, 11) is 1.67. The highest BCUT2D eigenvalue weighted by Gasteiger charge is 2.20. The number of aromatic nitrogens is 5. The number of nitrogens with one attached hydrogen (secondary N) is 2. The fraction of sp³-hybridized carbons (Fsp3) is 0.438. The van der Waals surface area contributed by atoms with Crippen LogP contribution in [0.2, 0.25) is 0 Å². The molecule has 8 nitrogen and oxygen atoms in total. The number of ether oxygens (including phenoxy) is 2. The van der Waals surface area contributed by atoms with E-state index in [0.29, 0.717) is 11.6 Å². The predicted octanol–water partition coefficient (Wildman–Crippen LogP) is 2.75. The van der Waals surface area contributed by atoms with E-state index in [4.69, 9.17) is 9.47 Å². The number of methoxy groups -OCH3 is 1. The summed E-state index contributed by atoms with van der Waals surface area (Å²) in [4.78, 5) is 4.41. The highest BCUT2D eigenvalue weighted by Crippen LogP contribution is 2.29. The maximum atomic E-state index is 5.67. The third-order valence-corrected chi connectivity index (χ3v) is 4.30. The normalized spacial score (nSPS) is 19.0. The molecule has 4 rings (SSSR count). The standard InChI is InChI=1S/C16H20N6O2/c1-10(23-2)11-8-13-16(17-5-6-22(13)21-11)18-15-9-12(19-20-15)14-4-3-7-24-14/h5-6,8-10,14H,3-4,7H2,1-2H3,(H2,17,18,19,20)/t10?,14-/m1/s1. The fourth-order valence-corrected chi connectivity index (χ4v) is 2.87. The van der Waals surface area contributed by atoms with Gasteiger partial charge in [-0.25, -0.2) is 9.50 Å². The van der Waals surface area contributed by atoms with Gasteiger partial charge in [-0.1, -0.05) is 0 Å². The van der Waals surface area contributed by atoms with E-state index >= 15 is 0 Å². The molecule has 2 N–H and O–H groups in total. The molecule has 1 aliphatic heterocycles. The van der Waals surface area contributed by atoms with Gasteiger partial charge in [0.25, 0.3) is 0 Å². The molecule has 0 amide bonds. The molecule has 126 valence electrons. The first-order valence-electron chi connectivity index (χ1n) is 8.05. The Morgan fingerprint density at radius 1 is 1.46 bits per heavy atom. The summed E-state index contributed by atoms with van der Waals surface area (Å²) in [5, 5.41) is 15.1. The van der Waals surface area contributed by atoms with Crippen LogP contribution in [-0.4, -0.2) is 38.5 Å². The molecule has 3 aromatic heterocycles. The fourth-order valence-electron chi connectivity index (χ4n) is 2.87. The van der Waals surface area contributed by atoms with Gasteiger partial charge in [0.05, 0.1) is 23.6 Å². The van der Waals surface area contributed by atoms with Crippen LogP contribution in [0.1, 0.15) is 43.4 Å². The molecule has 8 heteroatoms. The number of anilines is 2. The van der Waals surface area contributed by atoms with E-state index in [1.807, 2.05) is 25.3 Å². The molecule has 1 fully saturated rings. The van der Waals surface area contributed by atoms with Gasteiger partial charge in [-0.15, -0.1) is 0 Å². The second-order valence-electron chi connectivity index (χ2n) is 5.89. The van der Waals surface area contributed by atoms with E-state index < -0.39 is 0 Å². The van der Waals surface area contributed by atoms with Crippen molar-refractivity contribution in [1.29, 1.82) is 0 Å². The zero-order chi connectivity index (χ0) is 16.5. The van der Waals surface area contributed by atoms with Crippen LogP contribution < -0.4 is 5.32 Å². The summed E-state index contributed by atoms with van der Waals surface area (Å²) < 4.78 is 12.8. The van der Waals surface area contributed by atoms with Crippen molar-refractivity contribution in [1.82, 2.24) is 24.8 Å². The molecule has 0 spiro atoms. The number of H-pyrrole nitrogens is 1. The molecule has 1 aliphatic rings. The van der Waals surface area contributed by atoms with Crippen LogP contribution in [0.3, 0.4) is 0 Å². The van der Waals surface area contributed by atoms with Gasteiger partial charge in [-0.3, -0.25) is 5.10 Å². The summed E-state index contributed by atoms with van der Waals surface area (Å²) in [6.07, 6.45) is 5.67. The molecule has 0 bridgehead atoms. The van der Waals surface area contributed by atoms with E-state index in [1.165, 1.54) is 0 Å². The monoisotopic (exact) mass is 328 g/mol. The number of nitrogens with zero attached hydrogens (tertiary/aromatic N) is 4. The molecule has 1 unspecified atom stereocenters.